The minimum atomic E-state index is -0.424. The summed E-state index contributed by atoms with van der Waals surface area (Å²) in [6.45, 7) is 0. The van der Waals surface area contributed by atoms with E-state index in [0.717, 1.165) is 11.1 Å². The van der Waals surface area contributed by atoms with Crippen LogP contribution in [0.2, 0.25) is 0 Å². The van der Waals surface area contributed by atoms with Gasteiger partial charge in [0.2, 0.25) is 5.90 Å². The van der Waals surface area contributed by atoms with Crippen molar-refractivity contribution in [2.24, 2.45) is 4.99 Å². The average Bonchev–Trinajstić information content (AvgIpc) is 2.94. The van der Waals surface area contributed by atoms with E-state index in [4.69, 9.17) is 4.74 Å². The molecule has 0 aromatic heterocycles. The second-order valence-corrected chi connectivity index (χ2v) is 5.77. The van der Waals surface area contributed by atoms with Crippen molar-refractivity contribution in [1.82, 2.24) is 0 Å². The van der Waals surface area contributed by atoms with Gasteiger partial charge >= 0.3 is 5.97 Å². The lowest BCUT2D eigenvalue weighted by atomic mass is 10.2. The van der Waals surface area contributed by atoms with Gasteiger partial charge < -0.3 is 4.74 Å². The number of thioether (sulfide) groups is 1. The number of benzene rings is 2. The second kappa shape index (κ2) is 7.11. The van der Waals surface area contributed by atoms with E-state index in [1.165, 1.54) is 4.90 Å². The quantitative estimate of drug-likeness (QED) is 0.475. The molecule has 3 rings (SSSR count). The van der Waals surface area contributed by atoms with E-state index in [-0.39, 0.29) is 0 Å². The van der Waals surface area contributed by atoms with Crippen molar-refractivity contribution < 1.29 is 9.53 Å². The molecule has 3 nitrogen and oxygen atoms in total. The van der Waals surface area contributed by atoms with E-state index in [1.54, 1.807) is 23.9 Å². The van der Waals surface area contributed by atoms with Crippen LogP contribution in [0.1, 0.15) is 11.1 Å². The lowest BCUT2D eigenvalue weighted by molar-refractivity contribution is -0.129. The Bertz CT molecular complexity index is 790. The fourth-order valence-electron chi connectivity index (χ4n) is 2.09. The molecule has 1 aliphatic heterocycles. The van der Waals surface area contributed by atoms with E-state index in [0.29, 0.717) is 11.6 Å². The summed E-state index contributed by atoms with van der Waals surface area (Å²) < 4.78 is 5.16. The third-order valence-corrected chi connectivity index (χ3v) is 4.02. The van der Waals surface area contributed by atoms with Crippen molar-refractivity contribution in [3.63, 3.8) is 0 Å². The Labute approximate surface area is 139 Å². The summed E-state index contributed by atoms with van der Waals surface area (Å²) in [5.41, 5.74) is 2.26. The molecule has 23 heavy (non-hydrogen) atoms. The molecule has 2 aromatic rings. The van der Waals surface area contributed by atoms with Crippen molar-refractivity contribution in [3.8, 4) is 0 Å². The molecule has 0 amide bonds. The standard InChI is InChI=1S/C19H15NO2S/c1-23-16-10-7-15(8-11-16)13-17-19(21)22-18(20-17)12-9-14-5-3-2-4-6-14/h2-13H,1H3. The van der Waals surface area contributed by atoms with Crippen LogP contribution in [0.4, 0.5) is 0 Å². The summed E-state index contributed by atoms with van der Waals surface area (Å²) in [5, 5.41) is 0. The van der Waals surface area contributed by atoms with Crippen molar-refractivity contribution in [1.29, 1.82) is 0 Å². The maximum Gasteiger partial charge on any atom is 0.363 e. The third-order valence-electron chi connectivity index (χ3n) is 3.27. The normalized spacial score (nSPS) is 16.0. The number of carbonyl (C=O) groups excluding carboxylic acids is 1. The maximum atomic E-state index is 11.9. The number of cyclic esters (lactones) is 1. The highest BCUT2D eigenvalue weighted by Gasteiger charge is 2.20. The Hall–Kier alpha value is -2.59. The molecule has 0 atom stereocenters. The minimum absolute atomic E-state index is 0.311. The number of hydrogen-bond donors (Lipinski definition) is 0. The lowest BCUT2D eigenvalue weighted by Crippen LogP contribution is -2.01. The summed E-state index contributed by atoms with van der Waals surface area (Å²) in [4.78, 5) is 17.3. The molecule has 0 unspecified atom stereocenters. The van der Waals surface area contributed by atoms with Gasteiger partial charge in [-0.25, -0.2) is 9.79 Å². The Morgan fingerprint density at radius 2 is 1.70 bits per heavy atom. The number of ether oxygens (including phenoxy) is 1. The van der Waals surface area contributed by atoms with E-state index in [1.807, 2.05) is 66.9 Å². The van der Waals surface area contributed by atoms with Crippen LogP contribution in [-0.2, 0) is 9.53 Å². The van der Waals surface area contributed by atoms with Gasteiger partial charge in [0.25, 0.3) is 0 Å². The number of nitrogens with zero attached hydrogens (tertiary/aromatic N) is 1. The Morgan fingerprint density at radius 1 is 0.957 bits per heavy atom. The maximum absolute atomic E-state index is 11.9. The molecular weight excluding hydrogens is 306 g/mol. The van der Waals surface area contributed by atoms with Crippen LogP contribution < -0.4 is 0 Å². The average molecular weight is 321 g/mol. The molecule has 0 aliphatic carbocycles. The molecule has 0 bridgehead atoms. The van der Waals surface area contributed by atoms with Gasteiger partial charge in [-0.2, -0.15) is 0 Å². The monoisotopic (exact) mass is 321 g/mol. The molecule has 114 valence electrons. The summed E-state index contributed by atoms with van der Waals surface area (Å²) in [5.74, 6) is -0.113. The van der Waals surface area contributed by atoms with Gasteiger partial charge in [0.05, 0.1) is 0 Å². The summed E-state index contributed by atoms with van der Waals surface area (Å²) >= 11 is 1.68. The minimum Gasteiger partial charge on any atom is -0.403 e. The van der Waals surface area contributed by atoms with Crippen LogP contribution in [0.25, 0.3) is 12.2 Å². The summed E-state index contributed by atoms with van der Waals surface area (Å²) in [6.07, 6.45) is 7.32. The van der Waals surface area contributed by atoms with Crippen LogP contribution in [0.3, 0.4) is 0 Å². The predicted molar refractivity (Wildman–Crippen MR) is 95.2 cm³/mol. The number of esters is 1. The van der Waals surface area contributed by atoms with Gasteiger partial charge in [0.15, 0.2) is 5.70 Å². The predicted octanol–water partition coefficient (Wildman–Crippen LogP) is 4.42. The second-order valence-electron chi connectivity index (χ2n) is 4.89. The Balaban J connectivity index is 1.77. The van der Waals surface area contributed by atoms with Gasteiger partial charge in [-0.15, -0.1) is 11.8 Å². The molecule has 0 radical (unpaired) electrons. The van der Waals surface area contributed by atoms with Crippen molar-refractivity contribution in [2.45, 2.75) is 4.90 Å². The SMILES string of the molecule is CSc1ccc(C=C2N=C(C=Cc3ccccc3)OC2=O)cc1. The van der Waals surface area contributed by atoms with Crippen LogP contribution in [-0.4, -0.2) is 18.1 Å². The van der Waals surface area contributed by atoms with Crippen molar-refractivity contribution >= 4 is 35.8 Å². The van der Waals surface area contributed by atoms with E-state index in [9.17, 15) is 4.79 Å². The molecule has 0 N–H and O–H groups in total. The number of hydrogen-bond acceptors (Lipinski definition) is 4. The molecule has 0 saturated heterocycles. The fourth-order valence-corrected chi connectivity index (χ4v) is 2.49. The Kier molecular flexibility index (Phi) is 4.74. The number of aliphatic imine (C=N–C) groups is 1. The highest BCUT2D eigenvalue weighted by molar-refractivity contribution is 7.98. The molecule has 1 aliphatic rings. The zero-order chi connectivity index (χ0) is 16.1. The highest BCUT2D eigenvalue weighted by atomic mass is 32.2. The summed E-state index contributed by atoms with van der Waals surface area (Å²) in [7, 11) is 0. The fraction of sp³-hybridized carbons (Fsp3) is 0.0526. The lowest BCUT2D eigenvalue weighted by Gasteiger charge is -1.97. The molecular formula is C19H15NO2S. The first-order chi connectivity index (χ1) is 11.2. The first kappa shape index (κ1) is 15.3. The first-order valence-corrected chi connectivity index (χ1v) is 8.37. The van der Waals surface area contributed by atoms with Crippen LogP contribution >= 0.6 is 11.8 Å². The zero-order valence-electron chi connectivity index (χ0n) is 12.6. The smallest absolute Gasteiger partial charge is 0.363 e. The topological polar surface area (TPSA) is 38.7 Å². The van der Waals surface area contributed by atoms with E-state index in [2.05, 4.69) is 4.99 Å². The summed E-state index contributed by atoms with van der Waals surface area (Å²) in [6, 6.07) is 17.7. The molecule has 1 heterocycles. The van der Waals surface area contributed by atoms with E-state index >= 15 is 0 Å². The molecule has 0 spiro atoms. The molecule has 0 saturated carbocycles. The zero-order valence-corrected chi connectivity index (χ0v) is 13.4. The van der Waals surface area contributed by atoms with Crippen LogP contribution in [0.15, 0.2) is 76.3 Å². The highest BCUT2D eigenvalue weighted by Crippen LogP contribution is 2.19. The van der Waals surface area contributed by atoms with Crippen LogP contribution in [0, 0.1) is 0 Å². The van der Waals surface area contributed by atoms with Crippen molar-refractivity contribution in [3.05, 3.63) is 77.5 Å². The van der Waals surface area contributed by atoms with Crippen LogP contribution in [0.5, 0.6) is 0 Å². The molecule has 4 heteroatoms. The van der Waals surface area contributed by atoms with E-state index < -0.39 is 5.97 Å². The van der Waals surface area contributed by atoms with Gasteiger partial charge in [-0.05, 0) is 41.7 Å². The largest absolute Gasteiger partial charge is 0.403 e. The van der Waals surface area contributed by atoms with Gasteiger partial charge in [0, 0.05) is 11.0 Å². The van der Waals surface area contributed by atoms with Gasteiger partial charge in [-0.1, -0.05) is 42.5 Å². The van der Waals surface area contributed by atoms with Crippen molar-refractivity contribution in [2.75, 3.05) is 6.26 Å². The third kappa shape index (κ3) is 3.99. The number of rotatable bonds is 4. The first-order valence-electron chi connectivity index (χ1n) is 7.14. The van der Waals surface area contributed by atoms with Gasteiger partial charge in [-0.3, -0.25) is 0 Å². The molecule has 0 fully saturated rings. The number of carbonyl (C=O) groups is 1. The van der Waals surface area contributed by atoms with Gasteiger partial charge in [0.1, 0.15) is 0 Å². The Morgan fingerprint density at radius 3 is 2.39 bits per heavy atom. The molecule has 2 aromatic carbocycles.